The van der Waals surface area contributed by atoms with Crippen LogP contribution in [0.3, 0.4) is 0 Å². The molecular weight excluding hydrogens is 417 g/mol. The lowest BCUT2D eigenvalue weighted by Gasteiger charge is -2.54. The molecule has 4 N–H and O–H groups in total. The Hall–Kier alpha value is -3.65. The summed E-state index contributed by atoms with van der Waals surface area (Å²) in [7, 11) is 3.48. The fourth-order valence-corrected chi connectivity index (χ4v) is 4.58. The Morgan fingerprint density at radius 1 is 1.41 bits per heavy atom. The topological polar surface area (TPSA) is 141 Å². The molecular formula is C21H26FN7O3. The first-order chi connectivity index (χ1) is 15.1. The molecule has 1 saturated heterocycles. The highest BCUT2D eigenvalue weighted by atomic mass is 19.1. The number of rotatable bonds is 6. The Morgan fingerprint density at radius 2 is 2.06 bits per heavy atom. The third kappa shape index (κ3) is 3.85. The van der Waals surface area contributed by atoms with Gasteiger partial charge in [0.2, 0.25) is 0 Å². The molecule has 3 atom stereocenters. The molecule has 1 fully saturated rings. The highest BCUT2D eigenvalue weighted by Crippen LogP contribution is 2.43. The van der Waals surface area contributed by atoms with Gasteiger partial charge in [0.15, 0.2) is 5.82 Å². The number of nitriles is 1. The van der Waals surface area contributed by atoms with E-state index >= 15 is 0 Å². The maximum atomic E-state index is 13.2. The quantitative estimate of drug-likeness (QED) is 0.623. The summed E-state index contributed by atoms with van der Waals surface area (Å²) < 4.78 is 14.7. The maximum absolute atomic E-state index is 13.2. The number of anilines is 2. The molecule has 0 radical (unpaired) electrons. The second-order valence-corrected chi connectivity index (χ2v) is 7.89. The smallest absolute Gasteiger partial charge is 0.408 e. The van der Waals surface area contributed by atoms with Gasteiger partial charge < -0.3 is 16.2 Å². The van der Waals surface area contributed by atoms with Crippen molar-refractivity contribution < 1.29 is 19.1 Å². The van der Waals surface area contributed by atoms with Gasteiger partial charge in [0.25, 0.3) is 5.91 Å². The van der Waals surface area contributed by atoms with Crippen molar-refractivity contribution in [3.8, 4) is 6.07 Å². The summed E-state index contributed by atoms with van der Waals surface area (Å²) in [6.07, 6.45) is 1.08. The van der Waals surface area contributed by atoms with E-state index < -0.39 is 35.4 Å². The monoisotopic (exact) mass is 443 g/mol. The molecule has 1 aliphatic heterocycles. The second kappa shape index (κ2) is 8.84. The van der Waals surface area contributed by atoms with E-state index in [0.29, 0.717) is 18.5 Å². The van der Waals surface area contributed by atoms with Crippen LogP contribution in [0.25, 0.3) is 0 Å². The highest BCUT2D eigenvalue weighted by molar-refractivity contribution is 5.98. The van der Waals surface area contributed by atoms with Crippen LogP contribution in [0.5, 0.6) is 0 Å². The Kier molecular flexibility index (Phi) is 6.36. The van der Waals surface area contributed by atoms with Crippen LogP contribution in [0.2, 0.25) is 0 Å². The molecule has 0 spiro atoms. The van der Waals surface area contributed by atoms with Gasteiger partial charge in [0, 0.05) is 18.4 Å². The van der Waals surface area contributed by atoms with E-state index in [-0.39, 0.29) is 17.9 Å². The average Bonchev–Trinajstić information content (AvgIpc) is 3.17. The molecule has 1 aromatic heterocycles. The lowest BCUT2D eigenvalue weighted by molar-refractivity contribution is -0.0908. The van der Waals surface area contributed by atoms with Gasteiger partial charge in [-0.25, -0.2) is 9.18 Å². The number of carbonyl (C=O) groups excluding carboxylic acids is 1. The molecule has 3 unspecified atom stereocenters. The summed E-state index contributed by atoms with van der Waals surface area (Å²) in [6.45, 7) is 2.03. The minimum atomic E-state index is -1.10. The second-order valence-electron chi connectivity index (χ2n) is 7.89. The van der Waals surface area contributed by atoms with Gasteiger partial charge in [0.1, 0.15) is 23.0 Å². The number of amides is 2. The van der Waals surface area contributed by atoms with Crippen molar-refractivity contribution in [3.63, 3.8) is 0 Å². The van der Waals surface area contributed by atoms with Crippen LogP contribution in [-0.4, -0.2) is 63.0 Å². The average molecular weight is 443 g/mol. The third-order valence-corrected chi connectivity index (χ3v) is 6.11. The first kappa shape index (κ1) is 23.0. The van der Waals surface area contributed by atoms with E-state index in [2.05, 4.69) is 16.5 Å². The van der Waals surface area contributed by atoms with Crippen molar-refractivity contribution in [2.75, 3.05) is 26.0 Å². The normalized spacial score (nSPS) is 23.1. The van der Waals surface area contributed by atoms with Gasteiger partial charge in [-0.05, 0) is 51.2 Å². The summed E-state index contributed by atoms with van der Waals surface area (Å²) in [5.74, 6) is -1.72. The number of likely N-dealkylation sites (tertiary alicyclic amines) is 1. The summed E-state index contributed by atoms with van der Waals surface area (Å²) in [6, 6.07) is 7.32. The van der Waals surface area contributed by atoms with Crippen molar-refractivity contribution in [1.82, 2.24) is 19.6 Å². The standard InChI is InChI=1S/C21H26FN7O3/c1-4-21(27(2)3)16(11-23)17(9-10-28(21)20(31)32)29-12-15(18(24)30)19(26-29)25-14-7-5-13(22)6-8-14/h5-8,12,16-17H,4,9-10H2,1-3H3,(H2,24,30)(H,25,26)(H,31,32). The number of halogens is 1. The number of nitrogens with two attached hydrogens (primary N) is 1. The molecule has 32 heavy (non-hydrogen) atoms. The molecule has 3 rings (SSSR count). The first-order valence-electron chi connectivity index (χ1n) is 10.1. The maximum Gasteiger partial charge on any atom is 0.408 e. The molecule has 1 aromatic carbocycles. The minimum absolute atomic E-state index is 0.110. The van der Waals surface area contributed by atoms with Crippen molar-refractivity contribution >= 4 is 23.5 Å². The predicted molar refractivity (Wildman–Crippen MR) is 115 cm³/mol. The molecule has 11 heteroatoms. The third-order valence-electron chi connectivity index (χ3n) is 6.11. The Labute approximate surface area is 185 Å². The van der Waals surface area contributed by atoms with Gasteiger partial charge in [-0.2, -0.15) is 10.4 Å². The molecule has 0 aliphatic carbocycles. The number of carbonyl (C=O) groups is 2. The number of hydrogen-bond acceptors (Lipinski definition) is 6. The zero-order valence-corrected chi connectivity index (χ0v) is 18.1. The molecule has 2 amide bonds. The fourth-order valence-electron chi connectivity index (χ4n) is 4.58. The van der Waals surface area contributed by atoms with Crippen LogP contribution in [0.15, 0.2) is 30.5 Å². The van der Waals surface area contributed by atoms with Gasteiger partial charge in [-0.15, -0.1) is 0 Å². The summed E-state index contributed by atoms with van der Waals surface area (Å²) >= 11 is 0. The minimum Gasteiger partial charge on any atom is -0.465 e. The van der Waals surface area contributed by atoms with E-state index in [4.69, 9.17) is 5.73 Å². The van der Waals surface area contributed by atoms with Crippen molar-refractivity contribution in [1.29, 1.82) is 5.26 Å². The zero-order valence-electron chi connectivity index (χ0n) is 18.1. The number of hydrogen-bond donors (Lipinski definition) is 3. The van der Waals surface area contributed by atoms with E-state index in [1.807, 2.05) is 6.92 Å². The van der Waals surface area contributed by atoms with E-state index in [1.54, 1.807) is 19.0 Å². The summed E-state index contributed by atoms with van der Waals surface area (Å²) in [5, 5.41) is 27.3. The summed E-state index contributed by atoms with van der Waals surface area (Å²) in [5.41, 5.74) is 5.08. The number of benzene rings is 1. The fraction of sp³-hybridized carbons (Fsp3) is 0.429. The number of nitrogens with one attached hydrogen (secondary N) is 1. The number of piperidine rings is 1. The van der Waals surface area contributed by atoms with Crippen molar-refractivity contribution in [3.05, 3.63) is 41.8 Å². The lowest BCUT2D eigenvalue weighted by Crippen LogP contribution is -2.67. The Morgan fingerprint density at radius 3 is 2.56 bits per heavy atom. The van der Waals surface area contributed by atoms with Gasteiger partial charge in [-0.1, -0.05) is 6.92 Å². The van der Waals surface area contributed by atoms with Crippen LogP contribution in [0.4, 0.5) is 20.7 Å². The van der Waals surface area contributed by atoms with Crippen LogP contribution in [-0.2, 0) is 0 Å². The highest BCUT2D eigenvalue weighted by Gasteiger charge is 2.54. The van der Waals surface area contributed by atoms with Crippen LogP contribution in [0.1, 0.15) is 36.2 Å². The van der Waals surface area contributed by atoms with Gasteiger partial charge >= 0.3 is 6.09 Å². The zero-order chi connectivity index (χ0) is 23.6. The molecule has 2 aromatic rings. The van der Waals surface area contributed by atoms with Crippen molar-refractivity contribution in [2.24, 2.45) is 11.7 Å². The molecule has 10 nitrogen and oxygen atoms in total. The summed E-state index contributed by atoms with van der Waals surface area (Å²) in [4.78, 5) is 27.1. The molecule has 2 heterocycles. The number of primary amides is 1. The van der Waals surface area contributed by atoms with Crippen LogP contribution in [0, 0.1) is 23.1 Å². The molecule has 170 valence electrons. The SMILES string of the molecule is CCC1(N(C)C)C(C#N)C(n2cc(C(N)=O)c(Nc3ccc(F)cc3)n2)CCN1C(=O)O. The number of carboxylic acid groups (broad SMARTS) is 1. The predicted octanol–water partition coefficient (Wildman–Crippen LogP) is 2.60. The Balaban J connectivity index is 2.04. The molecule has 0 bridgehead atoms. The van der Waals surface area contributed by atoms with E-state index in [1.165, 1.54) is 40.0 Å². The van der Waals surface area contributed by atoms with Crippen LogP contribution >= 0.6 is 0 Å². The molecule has 1 aliphatic rings. The van der Waals surface area contributed by atoms with E-state index in [0.717, 1.165) is 0 Å². The van der Waals surface area contributed by atoms with E-state index in [9.17, 15) is 24.3 Å². The molecule has 0 saturated carbocycles. The largest absolute Gasteiger partial charge is 0.465 e. The van der Waals surface area contributed by atoms with Crippen LogP contribution < -0.4 is 11.1 Å². The first-order valence-corrected chi connectivity index (χ1v) is 10.1. The Bertz CT molecular complexity index is 1050. The lowest BCUT2D eigenvalue weighted by atomic mass is 9.78. The van der Waals surface area contributed by atoms with Gasteiger partial charge in [0.05, 0.1) is 12.1 Å². The van der Waals surface area contributed by atoms with Gasteiger partial charge in [-0.3, -0.25) is 19.3 Å². The number of nitrogens with zero attached hydrogens (tertiary/aromatic N) is 5. The van der Waals surface area contributed by atoms with Crippen molar-refractivity contribution in [2.45, 2.75) is 31.5 Å². The number of aromatic nitrogens is 2.